The van der Waals surface area contributed by atoms with Crippen LogP contribution >= 0.6 is 34.8 Å². The SMILES string of the molecule is C[C@@H](Nc1nc(N2CCC(C3CCCN(C4CC(C)(C(=O)O)C4)C3)CC2)ncc1Cl)c1ccc(Cl)cc1Cl. The number of halogens is 3. The average molecular weight is 581 g/mol. The molecule has 38 heavy (non-hydrogen) atoms. The molecule has 1 aliphatic carbocycles. The number of benzene rings is 1. The Kier molecular flexibility index (Phi) is 8.30. The van der Waals surface area contributed by atoms with E-state index < -0.39 is 11.4 Å². The summed E-state index contributed by atoms with van der Waals surface area (Å²) >= 11 is 18.9. The first-order valence-corrected chi connectivity index (χ1v) is 14.7. The molecular formula is C28H36Cl3N5O2. The van der Waals surface area contributed by atoms with Crippen LogP contribution in [0.4, 0.5) is 11.8 Å². The first-order valence-electron chi connectivity index (χ1n) is 13.6. The largest absolute Gasteiger partial charge is 0.481 e. The molecule has 1 saturated carbocycles. The fourth-order valence-corrected chi connectivity index (χ4v) is 7.21. The van der Waals surface area contributed by atoms with Crippen molar-refractivity contribution in [2.75, 3.05) is 36.4 Å². The molecule has 2 aliphatic heterocycles. The molecule has 1 aromatic carbocycles. The van der Waals surface area contributed by atoms with Gasteiger partial charge in [-0.3, -0.25) is 4.79 Å². The third kappa shape index (κ3) is 5.86. The molecular weight excluding hydrogens is 545 g/mol. The summed E-state index contributed by atoms with van der Waals surface area (Å²) < 4.78 is 0. The second-order valence-electron chi connectivity index (χ2n) is 11.5. The van der Waals surface area contributed by atoms with Gasteiger partial charge in [0.2, 0.25) is 5.95 Å². The zero-order chi connectivity index (χ0) is 27.0. The van der Waals surface area contributed by atoms with Crippen LogP contribution in [-0.2, 0) is 4.79 Å². The van der Waals surface area contributed by atoms with Gasteiger partial charge in [0.15, 0.2) is 5.82 Å². The lowest BCUT2D eigenvalue weighted by Gasteiger charge is -2.51. The van der Waals surface area contributed by atoms with Gasteiger partial charge in [0.1, 0.15) is 5.02 Å². The molecule has 5 rings (SSSR count). The topological polar surface area (TPSA) is 81.6 Å². The summed E-state index contributed by atoms with van der Waals surface area (Å²) in [5.74, 6) is 1.99. The molecule has 2 N–H and O–H groups in total. The van der Waals surface area contributed by atoms with Crippen LogP contribution in [0, 0.1) is 17.3 Å². The van der Waals surface area contributed by atoms with Gasteiger partial charge in [-0.25, -0.2) is 4.98 Å². The first-order chi connectivity index (χ1) is 18.1. The van der Waals surface area contributed by atoms with E-state index in [-0.39, 0.29) is 6.04 Å². The number of nitrogens with one attached hydrogen (secondary N) is 1. The van der Waals surface area contributed by atoms with E-state index in [2.05, 4.69) is 20.1 Å². The average Bonchev–Trinajstić information content (AvgIpc) is 2.88. The van der Waals surface area contributed by atoms with E-state index in [4.69, 9.17) is 39.8 Å². The molecule has 2 saturated heterocycles. The van der Waals surface area contributed by atoms with Crippen LogP contribution < -0.4 is 10.2 Å². The quantitative estimate of drug-likeness (QED) is 0.373. The molecule has 1 aromatic heterocycles. The second-order valence-corrected chi connectivity index (χ2v) is 12.8. The van der Waals surface area contributed by atoms with E-state index in [0.29, 0.717) is 44.7 Å². The normalized spacial score (nSPS) is 27.6. The molecule has 1 unspecified atom stereocenters. The van der Waals surface area contributed by atoms with Gasteiger partial charge < -0.3 is 20.2 Å². The number of hydrogen-bond donors (Lipinski definition) is 2. The summed E-state index contributed by atoms with van der Waals surface area (Å²) in [5.41, 5.74) is 0.387. The van der Waals surface area contributed by atoms with Crippen LogP contribution in [0.1, 0.15) is 64.0 Å². The predicted octanol–water partition coefficient (Wildman–Crippen LogP) is 6.79. The Labute approximate surface area is 239 Å². The maximum absolute atomic E-state index is 11.5. The van der Waals surface area contributed by atoms with Crippen molar-refractivity contribution in [3.63, 3.8) is 0 Å². The Balaban J connectivity index is 1.17. The Morgan fingerprint density at radius 1 is 1.11 bits per heavy atom. The molecule has 3 fully saturated rings. The van der Waals surface area contributed by atoms with Crippen molar-refractivity contribution in [2.45, 2.75) is 64.5 Å². The lowest BCUT2D eigenvalue weighted by molar-refractivity contribution is -0.158. The molecule has 0 spiro atoms. The molecule has 0 bridgehead atoms. The molecule has 2 aromatic rings. The van der Waals surface area contributed by atoms with E-state index in [1.165, 1.54) is 12.8 Å². The third-order valence-corrected chi connectivity index (χ3v) is 9.74. The summed E-state index contributed by atoms with van der Waals surface area (Å²) in [6, 6.07) is 5.79. The first kappa shape index (κ1) is 27.8. The van der Waals surface area contributed by atoms with Crippen molar-refractivity contribution in [3.8, 4) is 0 Å². The van der Waals surface area contributed by atoms with E-state index >= 15 is 0 Å². The fourth-order valence-electron chi connectivity index (χ4n) is 6.49. The second kappa shape index (κ2) is 11.4. The lowest BCUT2D eigenvalue weighted by Crippen LogP contribution is -2.56. The smallest absolute Gasteiger partial charge is 0.309 e. The van der Waals surface area contributed by atoms with Gasteiger partial charge in [-0.2, -0.15) is 4.98 Å². The summed E-state index contributed by atoms with van der Waals surface area (Å²) in [6.07, 6.45) is 7.92. The minimum atomic E-state index is -0.652. The zero-order valence-corrected chi connectivity index (χ0v) is 24.2. The molecule has 10 heteroatoms. The fraction of sp³-hybridized carbons (Fsp3) is 0.607. The minimum absolute atomic E-state index is 0.107. The van der Waals surface area contributed by atoms with Crippen LogP contribution in [0.3, 0.4) is 0 Å². The molecule has 0 radical (unpaired) electrons. The highest BCUT2D eigenvalue weighted by atomic mass is 35.5. The maximum Gasteiger partial charge on any atom is 0.309 e. The lowest BCUT2D eigenvalue weighted by atomic mass is 9.65. The molecule has 2 atom stereocenters. The van der Waals surface area contributed by atoms with Crippen molar-refractivity contribution in [1.29, 1.82) is 0 Å². The number of rotatable bonds is 7. The molecule has 0 amide bonds. The van der Waals surface area contributed by atoms with Gasteiger partial charge in [0.05, 0.1) is 17.7 Å². The monoisotopic (exact) mass is 579 g/mol. The van der Waals surface area contributed by atoms with E-state index in [0.717, 1.165) is 57.4 Å². The van der Waals surface area contributed by atoms with Crippen molar-refractivity contribution in [2.24, 2.45) is 17.3 Å². The van der Waals surface area contributed by atoms with Crippen LogP contribution in [0.15, 0.2) is 24.4 Å². The Hall–Kier alpha value is -1.80. The number of carboxylic acids is 1. The van der Waals surface area contributed by atoms with Crippen LogP contribution in [0.25, 0.3) is 0 Å². The zero-order valence-electron chi connectivity index (χ0n) is 22.0. The van der Waals surface area contributed by atoms with Gasteiger partial charge in [-0.1, -0.05) is 40.9 Å². The Morgan fingerprint density at radius 3 is 2.53 bits per heavy atom. The summed E-state index contributed by atoms with van der Waals surface area (Å²) in [4.78, 5) is 25.6. The van der Waals surface area contributed by atoms with E-state index in [1.807, 2.05) is 26.0 Å². The van der Waals surface area contributed by atoms with Gasteiger partial charge in [-0.05, 0) is 88.4 Å². The number of aromatic nitrogens is 2. The third-order valence-electron chi connectivity index (χ3n) is 8.90. The molecule has 206 valence electrons. The Bertz CT molecular complexity index is 1170. The number of anilines is 2. The number of carbonyl (C=O) groups is 1. The highest BCUT2D eigenvalue weighted by Crippen LogP contribution is 2.45. The Morgan fingerprint density at radius 2 is 1.84 bits per heavy atom. The van der Waals surface area contributed by atoms with Gasteiger partial charge in [0.25, 0.3) is 0 Å². The van der Waals surface area contributed by atoms with Crippen molar-refractivity contribution in [1.82, 2.24) is 14.9 Å². The number of likely N-dealkylation sites (tertiary alicyclic amines) is 1. The maximum atomic E-state index is 11.5. The highest BCUT2D eigenvalue weighted by Gasteiger charge is 2.49. The number of hydrogen-bond acceptors (Lipinski definition) is 6. The number of aliphatic carboxylic acids is 1. The molecule has 3 heterocycles. The number of piperidine rings is 2. The summed E-state index contributed by atoms with van der Waals surface area (Å²) in [7, 11) is 0. The van der Waals surface area contributed by atoms with E-state index in [9.17, 15) is 9.90 Å². The van der Waals surface area contributed by atoms with Gasteiger partial charge >= 0.3 is 5.97 Å². The van der Waals surface area contributed by atoms with Crippen LogP contribution in [-0.4, -0.2) is 58.2 Å². The number of nitrogens with zero attached hydrogens (tertiary/aromatic N) is 4. The van der Waals surface area contributed by atoms with Crippen molar-refractivity contribution in [3.05, 3.63) is 45.0 Å². The van der Waals surface area contributed by atoms with Crippen LogP contribution in [0.2, 0.25) is 15.1 Å². The standard InChI is InChI=1S/C28H36Cl3N5O2/c1-17(22-6-5-20(29)12-23(22)30)33-25-24(31)15-32-27(34-25)35-10-7-18(8-11-35)19-4-3-9-36(16-19)21-13-28(2,14-21)26(37)38/h5-6,12,15,17-19,21H,3-4,7-11,13-14,16H2,1-2H3,(H,37,38)(H,32,33,34)/t17-,19?,21?,28?/m1/s1. The van der Waals surface area contributed by atoms with E-state index in [1.54, 1.807) is 12.3 Å². The summed E-state index contributed by atoms with van der Waals surface area (Å²) in [5, 5.41) is 14.5. The van der Waals surface area contributed by atoms with Crippen molar-refractivity contribution < 1.29 is 9.90 Å². The molecule has 3 aliphatic rings. The minimum Gasteiger partial charge on any atom is -0.481 e. The predicted molar refractivity (Wildman–Crippen MR) is 154 cm³/mol. The van der Waals surface area contributed by atoms with Gasteiger partial charge in [-0.15, -0.1) is 0 Å². The number of carboxylic acid groups (broad SMARTS) is 1. The summed E-state index contributed by atoms with van der Waals surface area (Å²) in [6.45, 7) is 7.93. The van der Waals surface area contributed by atoms with Crippen LogP contribution in [0.5, 0.6) is 0 Å². The van der Waals surface area contributed by atoms with Gasteiger partial charge in [0, 0.05) is 35.7 Å². The molecule has 7 nitrogen and oxygen atoms in total. The highest BCUT2D eigenvalue weighted by molar-refractivity contribution is 6.35. The van der Waals surface area contributed by atoms with Crippen molar-refractivity contribution >= 4 is 52.5 Å².